The molecule has 0 rings (SSSR count). The summed E-state index contributed by atoms with van der Waals surface area (Å²) < 4.78 is 39.3. The number of ether oxygens (including phenoxy) is 1. The molecule has 0 unspecified atom stereocenters. The van der Waals surface area contributed by atoms with Gasteiger partial charge < -0.3 is 16.3 Å². The molecule has 12 heavy (non-hydrogen) atoms. The third kappa shape index (κ3) is 3.24. The van der Waals surface area contributed by atoms with Crippen LogP contribution in [0.5, 0.6) is 0 Å². The zero-order valence-electron chi connectivity index (χ0n) is 6.06. The molecule has 0 aromatic rings. The van der Waals surface area contributed by atoms with E-state index in [2.05, 4.69) is 22.3 Å². The van der Waals surface area contributed by atoms with Gasteiger partial charge in [-0.1, -0.05) is 6.58 Å². The number of halogens is 3. The van der Waals surface area contributed by atoms with Crippen molar-refractivity contribution < 1.29 is 17.9 Å². The SMILES string of the molecule is C=C(O/C(CN)=N\N)C(F)(F)F. The Bertz CT molecular complexity index is 199. The van der Waals surface area contributed by atoms with Crippen LogP contribution in [0.1, 0.15) is 0 Å². The van der Waals surface area contributed by atoms with E-state index in [-0.39, 0.29) is 6.54 Å². The third-order valence-corrected chi connectivity index (χ3v) is 0.876. The number of hydrazone groups is 1. The van der Waals surface area contributed by atoms with Crippen LogP contribution in [-0.4, -0.2) is 18.6 Å². The van der Waals surface area contributed by atoms with Crippen LogP contribution in [0, 0.1) is 0 Å². The second-order valence-corrected chi connectivity index (χ2v) is 1.75. The molecule has 0 amide bonds. The molecular weight excluding hydrogens is 175 g/mol. The van der Waals surface area contributed by atoms with Gasteiger partial charge in [0.2, 0.25) is 11.7 Å². The number of hydrogen-bond donors (Lipinski definition) is 2. The molecule has 0 spiro atoms. The molecule has 0 aliphatic heterocycles. The van der Waals surface area contributed by atoms with E-state index in [9.17, 15) is 13.2 Å². The van der Waals surface area contributed by atoms with Crippen molar-refractivity contribution >= 4 is 5.90 Å². The fourth-order valence-corrected chi connectivity index (χ4v) is 0.321. The minimum atomic E-state index is -4.62. The van der Waals surface area contributed by atoms with Crippen molar-refractivity contribution in [1.82, 2.24) is 0 Å². The second-order valence-electron chi connectivity index (χ2n) is 1.75. The minimum Gasteiger partial charge on any atom is -0.435 e. The molecule has 70 valence electrons. The third-order valence-electron chi connectivity index (χ3n) is 0.876. The maximum Gasteiger partial charge on any atom is 0.448 e. The van der Waals surface area contributed by atoms with Crippen LogP contribution in [-0.2, 0) is 4.74 Å². The summed E-state index contributed by atoms with van der Waals surface area (Å²) in [6, 6.07) is 0. The van der Waals surface area contributed by atoms with Crippen molar-refractivity contribution in [3.05, 3.63) is 12.3 Å². The molecule has 4 N–H and O–H groups in total. The molecule has 0 aliphatic carbocycles. The summed E-state index contributed by atoms with van der Waals surface area (Å²) in [7, 11) is 0. The number of allylic oxidation sites excluding steroid dienone is 1. The zero-order chi connectivity index (χ0) is 9.78. The number of hydrogen-bond acceptors (Lipinski definition) is 4. The Morgan fingerprint density at radius 1 is 1.50 bits per heavy atom. The normalized spacial score (nSPS) is 12.8. The monoisotopic (exact) mass is 183 g/mol. The van der Waals surface area contributed by atoms with Gasteiger partial charge in [-0.25, -0.2) is 0 Å². The molecule has 0 fully saturated rings. The Kier molecular flexibility index (Phi) is 3.55. The maximum atomic E-state index is 11.7. The van der Waals surface area contributed by atoms with Gasteiger partial charge in [0.15, 0.2) is 0 Å². The zero-order valence-corrected chi connectivity index (χ0v) is 6.06. The van der Waals surface area contributed by atoms with Gasteiger partial charge in [0.05, 0.1) is 6.54 Å². The predicted octanol–water partition coefficient (Wildman–Crippen LogP) is 0.310. The lowest BCUT2D eigenvalue weighted by Crippen LogP contribution is -2.23. The van der Waals surface area contributed by atoms with Crippen LogP contribution in [0.2, 0.25) is 0 Å². The fraction of sp³-hybridized carbons (Fsp3) is 0.400. The van der Waals surface area contributed by atoms with Crippen molar-refractivity contribution in [1.29, 1.82) is 0 Å². The number of alkyl halides is 3. The standard InChI is InChI=1S/C5H8F3N3O/c1-3(5(6,7)8)12-4(2-9)11-10/h1-2,9-10H2/b11-4-. The molecule has 0 aliphatic rings. The van der Waals surface area contributed by atoms with Gasteiger partial charge in [0, 0.05) is 0 Å². The summed E-state index contributed by atoms with van der Waals surface area (Å²) in [6.07, 6.45) is -4.62. The topological polar surface area (TPSA) is 73.6 Å². The average molecular weight is 183 g/mol. The Labute approximate surface area is 66.7 Å². The first-order valence-electron chi connectivity index (χ1n) is 2.82. The van der Waals surface area contributed by atoms with Gasteiger partial charge in [-0.15, -0.1) is 5.10 Å². The molecule has 0 atom stereocenters. The van der Waals surface area contributed by atoms with Crippen LogP contribution in [0.25, 0.3) is 0 Å². The summed E-state index contributed by atoms with van der Waals surface area (Å²) in [5, 5.41) is 2.87. The summed E-state index contributed by atoms with van der Waals surface area (Å²) >= 11 is 0. The lowest BCUT2D eigenvalue weighted by molar-refractivity contribution is -0.117. The molecule has 0 bridgehead atoms. The summed E-state index contributed by atoms with van der Waals surface area (Å²) in [6.45, 7) is 2.31. The average Bonchev–Trinajstić information content (AvgIpc) is 1.97. The van der Waals surface area contributed by atoms with E-state index in [0.29, 0.717) is 0 Å². The van der Waals surface area contributed by atoms with Crippen LogP contribution in [0.4, 0.5) is 13.2 Å². The molecule has 4 nitrogen and oxygen atoms in total. The molecule has 0 saturated heterocycles. The van der Waals surface area contributed by atoms with E-state index in [1.807, 2.05) is 0 Å². The van der Waals surface area contributed by atoms with Gasteiger partial charge in [-0.2, -0.15) is 13.2 Å². The predicted molar refractivity (Wildman–Crippen MR) is 37.0 cm³/mol. The van der Waals surface area contributed by atoms with E-state index in [1.165, 1.54) is 0 Å². The van der Waals surface area contributed by atoms with Gasteiger partial charge in [-0.05, 0) is 0 Å². The van der Waals surface area contributed by atoms with Gasteiger partial charge in [0.1, 0.15) is 0 Å². The summed E-state index contributed by atoms with van der Waals surface area (Å²) in [5.41, 5.74) is 4.93. The quantitative estimate of drug-likeness (QED) is 0.213. The number of nitrogens with zero attached hydrogens (tertiary/aromatic N) is 1. The molecule has 0 radical (unpaired) electrons. The van der Waals surface area contributed by atoms with Crippen molar-refractivity contribution in [3.8, 4) is 0 Å². The first-order chi connectivity index (χ1) is 5.41. The smallest absolute Gasteiger partial charge is 0.435 e. The highest BCUT2D eigenvalue weighted by Crippen LogP contribution is 2.24. The lowest BCUT2D eigenvalue weighted by atomic mass is 10.5. The Hall–Kier alpha value is -1.24. The van der Waals surface area contributed by atoms with Gasteiger partial charge in [-0.3, -0.25) is 0 Å². The van der Waals surface area contributed by atoms with E-state index in [0.717, 1.165) is 0 Å². The van der Waals surface area contributed by atoms with Crippen molar-refractivity contribution in [2.75, 3.05) is 6.54 Å². The van der Waals surface area contributed by atoms with E-state index >= 15 is 0 Å². The first kappa shape index (κ1) is 10.8. The minimum absolute atomic E-state index is 0.314. The van der Waals surface area contributed by atoms with E-state index < -0.39 is 17.8 Å². The lowest BCUT2D eigenvalue weighted by Gasteiger charge is -2.10. The Morgan fingerprint density at radius 3 is 2.25 bits per heavy atom. The summed E-state index contributed by atoms with van der Waals surface area (Å²) in [4.78, 5) is 0. The highest BCUT2D eigenvalue weighted by Gasteiger charge is 2.35. The van der Waals surface area contributed by atoms with E-state index in [1.54, 1.807) is 0 Å². The maximum absolute atomic E-state index is 11.7. The molecular formula is C5H8F3N3O. The first-order valence-corrected chi connectivity index (χ1v) is 2.82. The molecule has 0 saturated carbocycles. The van der Waals surface area contributed by atoms with Crippen molar-refractivity contribution in [2.24, 2.45) is 16.7 Å². The second kappa shape index (κ2) is 3.96. The highest BCUT2D eigenvalue weighted by atomic mass is 19.4. The Morgan fingerprint density at radius 2 is 2.00 bits per heavy atom. The highest BCUT2D eigenvalue weighted by molar-refractivity contribution is 5.78. The van der Waals surface area contributed by atoms with Crippen LogP contribution >= 0.6 is 0 Å². The van der Waals surface area contributed by atoms with E-state index in [4.69, 9.17) is 5.73 Å². The molecule has 7 heteroatoms. The summed E-state index contributed by atoms with van der Waals surface area (Å²) in [5.74, 6) is 2.84. The van der Waals surface area contributed by atoms with Crippen molar-refractivity contribution in [3.63, 3.8) is 0 Å². The van der Waals surface area contributed by atoms with Crippen LogP contribution < -0.4 is 11.6 Å². The fourth-order valence-electron chi connectivity index (χ4n) is 0.321. The molecule has 0 aromatic carbocycles. The largest absolute Gasteiger partial charge is 0.448 e. The van der Waals surface area contributed by atoms with Gasteiger partial charge >= 0.3 is 6.18 Å². The van der Waals surface area contributed by atoms with Crippen molar-refractivity contribution in [2.45, 2.75) is 6.18 Å². The van der Waals surface area contributed by atoms with Crippen LogP contribution in [0.3, 0.4) is 0 Å². The molecule has 0 aromatic heterocycles. The Balaban J connectivity index is 4.19. The molecule has 0 heterocycles. The van der Waals surface area contributed by atoms with Crippen LogP contribution in [0.15, 0.2) is 17.4 Å². The number of rotatable bonds is 2. The number of nitrogens with two attached hydrogens (primary N) is 2. The van der Waals surface area contributed by atoms with Gasteiger partial charge in [0.25, 0.3) is 0 Å².